The topological polar surface area (TPSA) is 53.0 Å². The molecule has 0 aromatic carbocycles. The second-order valence-corrected chi connectivity index (χ2v) is 4.27. The summed E-state index contributed by atoms with van der Waals surface area (Å²) in [5, 5.41) is 8.84. The van der Waals surface area contributed by atoms with Gasteiger partial charge >= 0.3 is 5.97 Å². The van der Waals surface area contributed by atoms with Crippen LogP contribution in [0, 0.1) is 0 Å². The largest absolute Gasteiger partial charge is 0.480 e. The van der Waals surface area contributed by atoms with Crippen molar-refractivity contribution in [3.05, 3.63) is 0 Å². The molecule has 0 saturated carbocycles. The minimum atomic E-state index is -0.726. The van der Waals surface area contributed by atoms with Gasteiger partial charge in [-0.05, 0) is 6.92 Å². The van der Waals surface area contributed by atoms with Gasteiger partial charge in [0.05, 0.1) is 13.2 Å². The predicted molar refractivity (Wildman–Crippen MR) is 54.9 cm³/mol. The molecular formula is C10H18N2O3. The smallest absolute Gasteiger partial charge is 0.320 e. The van der Waals surface area contributed by atoms with E-state index in [1.807, 2.05) is 4.90 Å². The van der Waals surface area contributed by atoms with Gasteiger partial charge in [0.1, 0.15) is 6.04 Å². The third kappa shape index (κ3) is 2.30. The Morgan fingerprint density at radius 2 is 2.00 bits per heavy atom. The molecule has 1 atom stereocenters. The van der Waals surface area contributed by atoms with Crippen LogP contribution < -0.4 is 0 Å². The van der Waals surface area contributed by atoms with Gasteiger partial charge in [0.25, 0.3) is 0 Å². The van der Waals surface area contributed by atoms with Crippen LogP contribution in [0.25, 0.3) is 0 Å². The summed E-state index contributed by atoms with van der Waals surface area (Å²) in [6.07, 6.45) is 0. The Morgan fingerprint density at radius 3 is 2.53 bits per heavy atom. The summed E-state index contributed by atoms with van der Waals surface area (Å²) in [4.78, 5) is 15.1. The van der Waals surface area contributed by atoms with Gasteiger partial charge in [-0.3, -0.25) is 14.6 Å². The lowest BCUT2D eigenvalue weighted by molar-refractivity contribution is -0.146. The van der Waals surface area contributed by atoms with Crippen molar-refractivity contribution in [3.63, 3.8) is 0 Å². The molecule has 1 unspecified atom stereocenters. The van der Waals surface area contributed by atoms with Gasteiger partial charge in [-0.25, -0.2) is 0 Å². The number of rotatable bonds is 3. The summed E-state index contributed by atoms with van der Waals surface area (Å²) in [6.45, 7) is 7.11. The summed E-state index contributed by atoms with van der Waals surface area (Å²) in [5.41, 5.74) is 0. The Balaban J connectivity index is 1.75. The van der Waals surface area contributed by atoms with E-state index < -0.39 is 5.97 Å². The molecule has 86 valence electrons. The Bertz CT molecular complexity index is 235. The summed E-state index contributed by atoms with van der Waals surface area (Å²) < 4.78 is 5.28. The highest BCUT2D eigenvalue weighted by atomic mass is 16.5. The van der Waals surface area contributed by atoms with Crippen molar-refractivity contribution < 1.29 is 14.6 Å². The van der Waals surface area contributed by atoms with Crippen molar-refractivity contribution in [1.82, 2.24) is 9.80 Å². The van der Waals surface area contributed by atoms with Crippen LogP contribution in [0.4, 0.5) is 0 Å². The van der Waals surface area contributed by atoms with E-state index in [1.165, 1.54) is 0 Å². The minimum Gasteiger partial charge on any atom is -0.480 e. The second kappa shape index (κ2) is 4.47. The molecule has 0 amide bonds. The SMILES string of the molecule is CC(C(=O)O)N1CC(N2CCOCC2)C1. The van der Waals surface area contributed by atoms with Crippen molar-refractivity contribution in [2.24, 2.45) is 0 Å². The normalized spacial score (nSPS) is 27.3. The van der Waals surface area contributed by atoms with Crippen LogP contribution in [0.1, 0.15) is 6.92 Å². The Labute approximate surface area is 89.6 Å². The maximum Gasteiger partial charge on any atom is 0.320 e. The van der Waals surface area contributed by atoms with Crippen LogP contribution in [-0.4, -0.2) is 72.4 Å². The molecule has 1 N–H and O–H groups in total. The zero-order chi connectivity index (χ0) is 10.8. The van der Waals surface area contributed by atoms with Crippen LogP contribution in [0.2, 0.25) is 0 Å². The van der Waals surface area contributed by atoms with Crippen molar-refractivity contribution in [2.45, 2.75) is 19.0 Å². The van der Waals surface area contributed by atoms with Gasteiger partial charge in [0, 0.05) is 32.2 Å². The lowest BCUT2D eigenvalue weighted by atomic mass is 10.0. The summed E-state index contributed by atoms with van der Waals surface area (Å²) in [5.74, 6) is -0.726. The van der Waals surface area contributed by atoms with E-state index in [0.29, 0.717) is 6.04 Å². The van der Waals surface area contributed by atoms with Crippen molar-refractivity contribution in [1.29, 1.82) is 0 Å². The van der Waals surface area contributed by atoms with Crippen LogP contribution in [0.5, 0.6) is 0 Å². The number of hydrogen-bond donors (Lipinski definition) is 1. The van der Waals surface area contributed by atoms with Gasteiger partial charge in [0.2, 0.25) is 0 Å². The molecule has 2 fully saturated rings. The average Bonchev–Trinajstić information content (AvgIpc) is 2.17. The Morgan fingerprint density at radius 1 is 1.40 bits per heavy atom. The maximum atomic E-state index is 10.7. The second-order valence-electron chi connectivity index (χ2n) is 4.27. The number of morpholine rings is 1. The summed E-state index contributed by atoms with van der Waals surface area (Å²) >= 11 is 0. The number of carbonyl (C=O) groups is 1. The number of hydrogen-bond acceptors (Lipinski definition) is 4. The first kappa shape index (κ1) is 10.9. The van der Waals surface area contributed by atoms with Crippen molar-refractivity contribution in [3.8, 4) is 0 Å². The average molecular weight is 214 g/mol. The zero-order valence-electron chi connectivity index (χ0n) is 9.06. The predicted octanol–water partition coefficient (Wildman–Crippen LogP) is -0.524. The Hall–Kier alpha value is -0.650. The minimum absolute atomic E-state index is 0.345. The molecule has 15 heavy (non-hydrogen) atoms. The molecule has 5 nitrogen and oxygen atoms in total. The highest BCUT2D eigenvalue weighted by Crippen LogP contribution is 2.18. The third-order valence-electron chi connectivity index (χ3n) is 3.36. The third-order valence-corrected chi connectivity index (χ3v) is 3.36. The molecule has 2 aliphatic rings. The fourth-order valence-corrected chi connectivity index (χ4v) is 2.13. The number of likely N-dealkylation sites (tertiary alicyclic amines) is 1. The van der Waals surface area contributed by atoms with Crippen LogP contribution in [0.3, 0.4) is 0 Å². The first-order valence-corrected chi connectivity index (χ1v) is 5.47. The highest BCUT2D eigenvalue weighted by Gasteiger charge is 2.36. The van der Waals surface area contributed by atoms with Gasteiger partial charge in [-0.1, -0.05) is 0 Å². The molecule has 0 aromatic rings. The molecule has 0 aliphatic carbocycles. The van der Waals surface area contributed by atoms with Crippen LogP contribution in [0.15, 0.2) is 0 Å². The van der Waals surface area contributed by atoms with E-state index in [4.69, 9.17) is 9.84 Å². The van der Waals surface area contributed by atoms with E-state index in [-0.39, 0.29) is 6.04 Å². The number of ether oxygens (including phenoxy) is 1. The molecule has 2 heterocycles. The zero-order valence-corrected chi connectivity index (χ0v) is 9.06. The molecule has 0 spiro atoms. The lowest BCUT2D eigenvalue weighted by Crippen LogP contribution is -2.64. The van der Waals surface area contributed by atoms with E-state index in [1.54, 1.807) is 6.92 Å². The molecule has 2 saturated heterocycles. The molecule has 2 aliphatic heterocycles. The van der Waals surface area contributed by atoms with Gasteiger partial charge < -0.3 is 9.84 Å². The first-order chi connectivity index (χ1) is 7.18. The molecule has 0 bridgehead atoms. The fraction of sp³-hybridized carbons (Fsp3) is 0.900. The fourth-order valence-electron chi connectivity index (χ4n) is 2.13. The summed E-state index contributed by atoms with van der Waals surface area (Å²) in [7, 11) is 0. The molecule has 0 radical (unpaired) electrons. The quantitative estimate of drug-likeness (QED) is 0.685. The van der Waals surface area contributed by atoms with Gasteiger partial charge in [-0.15, -0.1) is 0 Å². The van der Waals surface area contributed by atoms with Gasteiger partial charge in [-0.2, -0.15) is 0 Å². The van der Waals surface area contributed by atoms with Crippen molar-refractivity contribution in [2.75, 3.05) is 39.4 Å². The van der Waals surface area contributed by atoms with E-state index in [0.717, 1.165) is 39.4 Å². The standard InChI is InChI=1S/C10H18N2O3/c1-8(10(13)14)12-6-9(7-12)11-2-4-15-5-3-11/h8-9H,2-7H2,1H3,(H,13,14). The molecule has 0 aromatic heterocycles. The van der Waals surface area contributed by atoms with E-state index in [2.05, 4.69) is 4.90 Å². The monoisotopic (exact) mass is 214 g/mol. The molecule has 2 rings (SSSR count). The number of carboxylic acids is 1. The van der Waals surface area contributed by atoms with Crippen LogP contribution in [-0.2, 0) is 9.53 Å². The van der Waals surface area contributed by atoms with Crippen molar-refractivity contribution >= 4 is 5.97 Å². The molecular weight excluding hydrogens is 196 g/mol. The van der Waals surface area contributed by atoms with E-state index in [9.17, 15) is 4.79 Å². The highest BCUT2D eigenvalue weighted by molar-refractivity contribution is 5.73. The van der Waals surface area contributed by atoms with E-state index >= 15 is 0 Å². The number of nitrogens with zero attached hydrogens (tertiary/aromatic N) is 2. The Kier molecular flexibility index (Phi) is 3.23. The lowest BCUT2D eigenvalue weighted by Gasteiger charge is -2.48. The van der Waals surface area contributed by atoms with Gasteiger partial charge in [0.15, 0.2) is 0 Å². The first-order valence-electron chi connectivity index (χ1n) is 5.47. The summed E-state index contributed by atoms with van der Waals surface area (Å²) in [6, 6.07) is 0.193. The molecule has 5 heteroatoms. The van der Waals surface area contributed by atoms with Crippen LogP contribution >= 0.6 is 0 Å². The maximum absolute atomic E-state index is 10.7. The number of aliphatic carboxylic acids is 1. The number of carboxylic acid groups (broad SMARTS) is 1.